The summed E-state index contributed by atoms with van der Waals surface area (Å²) >= 11 is 0. The van der Waals surface area contributed by atoms with Gasteiger partial charge < -0.3 is 5.11 Å². The number of aryl methyl sites for hydroxylation is 1. The highest BCUT2D eigenvalue weighted by atomic mass is 31.1. The molecule has 3 aromatic rings. The molecule has 0 amide bonds. The maximum Gasteiger partial charge on any atom is 0.123 e. The number of benzene rings is 3. The lowest BCUT2D eigenvalue weighted by molar-refractivity contribution is 0.428. The summed E-state index contributed by atoms with van der Waals surface area (Å²) in [5.74, 6) is 0.454. The number of hydrogen-bond acceptors (Lipinski definition) is 2. The molecule has 0 fully saturated rings. The van der Waals surface area contributed by atoms with Crippen molar-refractivity contribution in [2.24, 2.45) is 4.99 Å². The van der Waals surface area contributed by atoms with Crippen LogP contribution in [0.25, 0.3) is 0 Å². The van der Waals surface area contributed by atoms with E-state index < -0.39 is 0 Å². The van der Waals surface area contributed by atoms with Crippen LogP contribution in [0.1, 0.15) is 95.2 Å². The SMILES string of the molecule is CCC(C)(Pc1c(C)cccc1C(=NC)c1ccccc1)c1cc(C(C)(C)C)cc(C(C)(C)C)c1O. The van der Waals surface area contributed by atoms with Gasteiger partial charge in [-0.15, -0.1) is 0 Å². The number of aromatic hydroxyl groups is 1. The Bertz CT molecular complexity index is 1250. The number of nitrogens with zero attached hydrogens (tertiary/aromatic N) is 1. The average Bonchev–Trinajstić information content (AvgIpc) is 2.80. The van der Waals surface area contributed by atoms with Crippen LogP contribution in [-0.4, -0.2) is 17.9 Å². The Morgan fingerprint density at radius 3 is 1.97 bits per heavy atom. The number of aliphatic imine (C=N–C) groups is 1. The molecule has 0 bridgehead atoms. The highest BCUT2D eigenvalue weighted by Crippen LogP contribution is 2.51. The van der Waals surface area contributed by atoms with Gasteiger partial charge in [0.25, 0.3) is 0 Å². The van der Waals surface area contributed by atoms with Crippen molar-refractivity contribution >= 4 is 19.6 Å². The molecule has 0 aliphatic carbocycles. The zero-order chi connectivity index (χ0) is 26.9. The molecule has 2 nitrogen and oxygen atoms in total. The molecule has 0 radical (unpaired) electrons. The second kappa shape index (κ2) is 10.5. The number of phenolic OH excluding ortho intramolecular Hbond substituents is 1. The van der Waals surface area contributed by atoms with Crippen molar-refractivity contribution in [3.8, 4) is 5.75 Å². The summed E-state index contributed by atoms with van der Waals surface area (Å²) < 4.78 is 0. The van der Waals surface area contributed by atoms with Crippen LogP contribution in [0.2, 0.25) is 0 Å². The van der Waals surface area contributed by atoms with Gasteiger partial charge in [0.1, 0.15) is 5.75 Å². The van der Waals surface area contributed by atoms with Gasteiger partial charge in [-0.3, -0.25) is 4.99 Å². The second-order valence-corrected chi connectivity index (χ2v) is 14.0. The van der Waals surface area contributed by atoms with Crippen molar-refractivity contribution in [3.63, 3.8) is 0 Å². The average molecular weight is 502 g/mol. The van der Waals surface area contributed by atoms with Gasteiger partial charge in [0, 0.05) is 28.9 Å². The Kier molecular flexibility index (Phi) is 8.21. The van der Waals surface area contributed by atoms with E-state index in [4.69, 9.17) is 4.99 Å². The Morgan fingerprint density at radius 1 is 0.833 bits per heavy atom. The van der Waals surface area contributed by atoms with E-state index in [0.717, 1.165) is 28.8 Å². The second-order valence-electron chi connectivity index (χ2n) is 12.2. The van der Waals surface area contributed by atoms with Crippen molar-refractivity contribution < 1.29 is 5.11 Å². The van der Waals surface area contributed by atoms with Crippen molar-refractivity contribution in [1.82, 2.24) is 0 Å². The Balaban J connectivity index is 2.24. The van der Waals surface area contributed by atoms with Gasteiger partial charge in [0.2, 0.25) is 0 Å². The molecular weight excluding hydrogens is 457 g/mol. The summed E-state index contributed by atoms with van der Waals surface area (Å²) in [7, 11) is 2.36. The molecule has 36 heavy (non-hydrogen) atoms. The lowest BCUT2D eigenvalue weighted by Gasteiger charge is -2.35. The number of phenols is 1. The summed E-state index contributed by atoms with van der Waals surface area (Å²) in [4.78, 5) is 4.74. The predicted octanol–water partition coefficient (Wildman–Crippen LogP) is 8.39. The van der Waals surface area contributed by atoms with E-state index in [1.54, 1.807) is 0 Å². The molecule has 0 heterocycles. The number of rotatable bonds is 6. The molecule has 0 aliphatic rings. The first-order valence-corrected chi connectivity index (χ1v) is 14.0. The van der Waals surface area contributed by atoms with Crippen molar-refractivity contribution in [3.05, 3.63) is 94.0 Å². The molecule has 1 N–H and O–H groups in total. The van der Waals surface area contributed by atoms with Crippen molar-refractivity contribution in [2.75, 3.05) is 7.05 Å². The fourth-order valence-electron chi connectivity index (χ4n) is 4.71. The Hall–Kier alpha value is -2.44. The first kappa shape index (κ1) is 28.1. The molecule has 2 atom stereocenters. The molecule has 3 aromatic carbocycles. The quantitative estimate of drug-likeness (QED) is 0.267. The minimum atomic E-state index is -0.220. The lowest BCUT2D eigenvalue weighted by Crippen LogP contribution is -2.26. The molecule has 3 heteroatoms. The van der Waals surface area contributed by atoms with E-state index in [1.807, 2.05) is 13.1 Å². The predicted molar refractivity (Wildman–Crippen MR) is 160 cm³/mol. The van der Waals surface area contributed by atoms with E-state index >= 15 is 0 Å². The smallest absolute Gasteiger partial charge is 0.123 e. The minimum absolute atomic E-state index is 0.0105. The molecule has 0 aromatic heterocycles. The fraction of sp³-hybridized carbons (Fsp3) is 0.424. The summed E-state index contributed by atoms with van der Waals surface area (Å²) in [5.41, 5.74) is 7.80. The first-order chi connectivity index (χ1) is 16.7. The largest absolute Gasteiger partial charge is 0.507 e. The number of hydrogen-bond donors (Lipinski definition) is 1. The highest BCUT2D eigenvalue weighted by Gasteiger charge is 2.34. The maximum atomic E-state index is 11.7. The highest BCUT2D eigenvalue weighted by molar-refractivity contribution is 7.49. The monoisotopic (exact) mass is 501 g/mol. The summed E-state index contributed by atoms with van der Waals surface area (Å²) in [6.07, 6.45) is 0.924. The molecule has 3 rings (SSSR count). The maximum absolute atomic E-state index is 11.7. The Morgan fingerprint density at radius 2 is 1.44 bits per heavy atom. The van der Waals surface area contributed by atoms with Crippen LogP contribution in [0, 0.1) is 6.92 Å². The van der Waals surface area contributed by atoms with E-state index in [-0.39, 0.29) is 16.0 Å². The first-order valence-electron chi connectivity index (χ1n) is 13.0. The zero-order valence-corrected chi connectivity index (χ0v) is 24.9. The van der Waals surface area contributed by atoms with Gasteiger partial charge >= 0.3 is 0 Å². The normalized spacial score (nSPS) is 14.9. The standard InChI is InChI=1S/C33H44NOP/c1-11-33(9,27-21-24(31(3,4)5)20-26(29(27)35)32(6,7)8)36-30-22(2)16-15-19-25(30)28(34-10)23-17-13-12-14-18-23/h12-21,35-36H,11H2,1-10H3. The van der Waals surface area contributed by atoms with Crippen LogP contribution in [0.15, 0.2) is 65.7 Å². The fourth-order valence-corrected chi connectivity index (χ4v) is 6.38. The molecule has 0 saturated heterocycles. The lowest BCUT2D eigenvalue weighted by atomic mass is 9.77. The summed E-state index contributed by atoms with van der Waals surface area (Å²) in [6.45, 7) is 20.1. The molecule has 2 unspecified atom stereocenters. The van der Waals surface area contributed by atoms with Crippen LogP contribution >= 0.6 is 8.58 Å². The third-order valence-corrected chi connectivity index (χ3v) is 9.37. The van der Waals surface area contributed by atoms with Gasteiger partial charge in [-0.2, -0.15) is 0 Å². The molecule has 192 valence electrons. The summed E-state index contributed by atoms with van der Waals surface area (Å²) in [5, 5.41) is 12.8. The van der Waals surface area contributed by atoms with Crippen molar-refractivity contribution in [2.45, 2.75) is 84.7 Å². The molecule has 0 spiro atoms. The van der Waals surface area contributed by atoms with Gasteiger partial charge in [-0.05, 0) is 46.2 Å². The van der Waals surface area contributed by atoms with Crippen LogP contribution in [-0.2, 0) is 16.0 Å². The van der Waals surface area contributed by atoms with Gasteiger partial charge in [-0.1, -0.05) is 125 Å². The van der Waals surface area contributed by atoms with E-state index in [1.165, 1.54) is 22.0 Å². The van der Waals surface area contributed by atoms with Crippen LogP contribution in [0.5, 0.6) is 5.75 Å². The van der Waals surface area contributed by atoms with Gasteiger partial charge in [-0.25, -0.2) is 0 Å². The van der Waals surface area contributed by atoms with Crippen LogP contribution < -0.4 is 5.30 Å². The van der Waals surface area contributed by atoms with Crippen LogP contribution in [0.3, 0.4) is 0 Å². The van der Waals surface area contributed by atoms with Crippen molar-refractivity contribution in [1.29, 1.82) is 0 Å². The molecule has 0 saturated carbocycles. The zero-order valence-electron chi connectivity index (χ0n) is 23.9. The van der Waals surface area contributed by atoms with E-state index in [9.17, 15) is 5.11 Å². The molecular formula is C33H44NOP. The van der Waals surface area contributed by atoms with Gasteiger partial charge in [0.05, 0.1) is 5.71 Å². The van der Waals surface area contributed by atoms with Crippen LogP contribution in [0.4, 0.5) is 0 Å². The minimum Gasteiger partial charge on any atom is -0.507 e. The Labute approximate surface area is 221 Å². The molecule has 0 aliphatic heterocycles. The topological polar surface area (TPSA) is 32.6 Å². The third-order valence-electron chi connectivity index (χ3n) is 7.29. The van der Waals surface area contributed by atoms with E-state index in [0.29, 0.717) is 14.3 Å². The van der Waals surface area contributed by atoms with Gasteiger partial charge in [0.15, 0.2) is 0 Å². The third kappa shape index (κ3) is 5.76. The summed E-state index contributed by atoms with van der Waals surface area (Å²) in [6, 6.07) is 21.5. The van der Waals surface area contributed by atoms with E-state index in [2.05, 4.69) is 117 Å².